The monoisotopic (exact) mass is 366 g/mol. The molecule has 2 aromatic carbocycles. The molecule has 110 valence electrons. The van der Waals surface area contributed by atoms with Gasteiger partial charge >= 0.3 is 5.97 Å². The number of esters is 1. The number of hydrogen-bond acceptors (Lipinski definition) is 3. The quantitative estimate of drug-likeness (QED) is 0.771. The van der Waals surface area contributed by atoms with Crippen LogP contribution in [0.2, 0.25) is 0 Å². The van der Waals surface area contributed by atoms with E-state index in [0.29, 0.717) is 11.3 Å². The van der Waals surface area contributed by atoms with Crippen molar-refractivity contribution in [3.63, 3.8) is 0 Å². The van der Waals surface area contributed by atoms with E-state index in [1.807, 2.05) is 31.2 Å². The Bertz CT molecular complexity index is 698. The van der Waals surface area contributed by atoms with Crippen LogP contribution in [-0.2, 0) is 21.3 Å². The summed E-state index contributed by atoms with van der Waals surface area (Å²) in [5.41, 5.74) is 2.37. The number of benzene rings is 2. The van der Waals surface area contributed by atoms with Gasteiger partial charge in [0.2, 0.25) is 0 Å². The third-order valence-corrected chi connectivity index (χ3v) is 5.36. The van der Waals surface area contributed by atoms with Gasteiger partial charge in [0.25, 0.3) is 0 Å². The lowest BCUT2D eigenvalue weighted by molar-refractivity contribution is 0.0600. The SMILES string of the molecule is COC(=O)c1ccc(CS(=O)c2ccccc2C)c(Br)c1. The molecule has 2 aromatic rings. The molecule has 3 nitrogen and oxygen atoms in total. The Morgan fingerprint density at radius 3 is 2.57 bits per heavy atom. The highest BCUT2D eigenvalue weighted by Gasteiger charge is 2.12. The van der Waals surface area contributed by atoms with E-state index < -0.39 is 10.8 Å². The lowest BCUT2D eigenvalue weighted by Crippen LogP contribution is -2.03. The predicted octanol–water partition coefficient (Wildman–Crippen LogP) is 3.85. The molecular weight excluding hydrogens is 352 g/mol. The van der Waals surface area contributed by atoms with Crippen molar-refractivity contribution in [3.05, 3.63) is 63.6 Å². The van der Waals surface area contributed by atoms with E-state index in [-0.39, 0.29) is 5.97 Å². The summed E-state index contributed by atoms with van der Waals surface area (Å²) >= 11 is 3.42. The zero-order valence-corrected chi connectivity index (χ0v) is 14.2. The zero-order valence-electron chi connectivity index (χ0n) is 11.8. The number of hydrogen-bond donors (Lipinski definition) is 0. The van der Waals surface area contributed by atoms with Crippen molar-refractivity contribution in [3.8, 4) is 0 Å². The van der Waals surface area contributed by atoms with Gasteiger partial charge in [0, 0.05) is 9.37 Å². The summed E-state index contributed by atoms with van der Waals surface area (Å²) in [6.07, 6.45) is 0. The maximum Gasteiger partial charge on any atom is 0.337 e. The maximum absolute atomic E-state index is 12.5. The molecular formula is C16H15BrO3S. The Hall–Kier alpha value is -1.46. The van der Waals surface area contributed by atoms with Crippen LogP contribution in [0.15, 0.2) is 51.8 Å². The first-order valence-corrected chi connectivity index (χ1v) is 8.45. The van der Waals surface area contributed by atoms with E-state index in [1.54, 1.807) is 18.2 Å². The summed E-state index contributed by atoms with van der Waals surface area (Å²) in [5, 5.41) is 0. The highest BCUT2D eigenvalue weighted by molar-refractivity contribution is 9.10. The summed E-state index contributed by atoms with van der Waals surface area (Å²) in [6, 6.07) is 12.8. The van der Waals surface area contributed by atoms with Crippen LogP contribution < -0.4 is 0 Å². The molecule has 0 aromatic heterocycles. The van der Waals surface area contributed by atoms with Gasteiger partial charge < -0.3 is 4.74 Å². The second-order valence-electron chi connectivity index (χ2n) is 4.55. The highest BCUT2D eigenvalue weighted by Crippen LogP contribution is 2.23. The van der Waals surface area contributed by atoms with Crippen LogP contribution in [0.3, 0.4) is 0 Å². The number of ether oxygens (including phenoxy) is 1. The van der Waals surface area contributed by atoms with Crippen LogP contribution in [-0.4, -0.2) is 17.3 Å². The first-order valence-electron chi connectivity index (χ1n) is 6.33. The van der Waals surface area contributed by atoms with Crippen molar-refractivity contribution in [2.75, 3.05) is 7.11 Å². The third-order valence-electron chi connectivity index (χ3n) is 3.10. The molecule has 0 N–H and O–H groups in total. The van der Waals surface area contributed by atoms with Crippen molar-refractivity contribution in [2.45, 2.75) is 17.6 Å². The number of carbonyl (C=O) groups is 1. The first-order chi connectivity index (χ1) is 10.0. The molecule has 1 unspecified atom stereocenters. The second kappa shape index (κ2) is 7.00. The van der Waals surface area contributed by atoms with Gasteiger partial charge in [-0.1, -0.05) is 40.2 Å². The van der Waals surface area contributed by atoms with Crippen molar-refractivity contribution in [1.82, 2.24) is 0 Å². The van der Waals surface area contributed by atoms with E-state index >= 15 is 0 Å². The molecule has 0 aliphatic carbocycles. The normalized spacial score (nSPS) is 12.0. The van der Waals surface area contributed by atoms with E-state index in [2.05, 4.69) is 20.7 Å². The summed E-state index contributed by atoms with van der Waals surface area (Å²) in [4.78, 5) is 12.3. The molecule has 0 aliphatic rings. The molecule has 0 aliphatic heterocycles. The molecule has 0 radical (unpaired) electrons. The topological polar surface area (TPSA) is 43.4 Å². The molecule has 0 fully saturated rings. The maximum atomic E-state index is 12.5. The van der Waals surface area contributed by atoms with Crippen molar-refractivity contribution < 1.29 is 13.7 Å². The van der Waals surface area contributed by atoms with E-state index in [4.69, 9.17) is 0 Å². The zero-order chi connectivity index (χ0) is 15.4. The molecule has 0 spiro atoms. The fourth-order valence-electron chi connectivity index (χ4n) is 1.94. The van der Waals surface area contributed by atoms with Gasteiger partial charge in [-0.25, -0.2) is 4.79 Å². The minimum atomic E-state index is -1.12. The lowest BCUT2D eigenvalue weighted by Gasteiger charge is -2.08. The van der Waals surface area contributed by atoms with Crippen LogP contribution in [0, 0.1) is 6.92 Å². The van der Waals surface area contributed by atoms with Crippen LogP contribution in [0.1, 0.15) is 21.5 Å². The second-order valence-corrected chi connectivity index (χ2v) is 6.83. The molecule has 0 saturated carbocycles. The van der Waals surface area contributed by atoms with Crippen molar-refractivity contribution >= 4 is 32.7 Å². The van der Waals surface area contributed by atoms with Gasteiger partial charge in [-0.15, -0.1) is 0 Å². The van der Waals surface area contributed by atoms with E-state index in [9.17, 15) is 9.00 Å². The van der Waals surface area contributed by atoms with Crippen molar-refractivity contribution in [1.29, 1.82) is 0 Å². The van der Waals surface area contributed by atoms with Crippen molar-refractivity contribution in [2.24, 2.45) is 0 Å². The van der Waals surface area contributed by atoms with Gasteiger partial charge in [-0.3, -0.25) is 4.21 Å². The molecule has 0 amide bonds. The number of halogens is 1. The third kappa shape index (κ3) is 3.80. The molecule has 5 heteroatoms. The standard InChI is InChI=1S/C16H15BrO3S/c1-11-5-3-4-6-15(11)21(19)10-13-8-7-12(9-14(13)17)16(18)20-2/h3-9H,10H2,1-2H3. The number of methoxy groups -OCH3 is 1. The predicted molar refractivity (Wildman–Crippen MR) is 86.8 cm³/mol. The summed E-state index contributed by atoms with van der Waals surface area (Å²) in [7, 11) is 0.223. The Morgan fingerprint density at radius 2 is 1.95 bits per heavy atom. The molecule has 0 heterocycles. The van der Waals surface area contributed by atoms with Gasteiger partial charge in [0.15, 0.2) is 0 Å². The van der Waals surface area contributed by atoms with Gasteiger partial charge in [-0.05, 0) is 36.2 Å². The Labute approximate surface area is 134 Å². The largest absolute Gasteiger partial charge is 0.465 e. The van der Waals surface area contributed by atoms with Gasteiger partial charge in [-0.2, -0.15) is 0 Å². The Balaban J connectivity index is 2.22. The molecule has 21 heavy (non-hydrogen) atoms. The number of aryl methyl sites for hydroxylation is 1. The minimum absolute atomic E-state index is 0.387. The molecule has 0 bridgehead atoms. The van der Waals surface area contributed by atoms with Crippen LogP contribution in [0.5, 0.6) is 0 Å². The van der Waals surface area contributed by atoms with Crippen LogP contribution >= 0.6 is 15.9 Å². The average Bonchev–Trinajstić information content (AvgIpc) is 2.48. The lowest BCUT2D eigenvalue weighted by atomic mass is 10.1. The first kappa shape index (κ1) is 15.9. The molecule has 2 rings (SSSR count). The summed E-state index contributed by atoms with van der Waals surface area (Å²) < 4.78 is 17.9. The molecule has 1 atom stereocenters. The van der Waals surface area contributed by atoms with E-state index in [0.717, 1.165) is 20.5 Å². The Morgan fingerprint density at radius 1 is 1.24 bits per heavy atom. The summed E-state index contributed by atoms with van der Waals surface area (Å²) in [5.74, 6) is 0.00894. The summed E-state index contributed by atoms with van der Waals surface area (Å²) in [6.45, 7) is 1.95. The average molecular weight is 367 g/mol. The van der Waals surface area contributed by atoms with E-state index in [1.165, 1.54) is 7.11 Å². The van der Waals surface area contributed by atoms with Crippen LogP contribution in [0.4, 0.5) is 0 Å². The minimum Gasteiger partial charge on any atom is -0.465 e. The van der Waals surface area contributed by atoms with Gasteiger partial charge in [0.05, 0.1) is 29.2 Å². The fraction of sp³-hybridized carbons (Fsp3) is 0.188. The highest BCUT2D eigenvalue weighted by atomic mass is 79.9. The number of carbonyl (C=O) groups excluding carboxylic acids is 1. The molecule has 0 saturated heterocycles. The number of rotatable bonds is 4. The van der Waals surface area contributed by atoms with Crippen LogP contribution in [0.25, 0.3) is 0 Å². The van der Waals surface area contributed by atoms with Gasteiger partial charge in [0.1, 0.15) is 0 Å². The smallest absolute Gasteiger partial charge is 0.337 e. The Kier molecular flexibility index (Phi) is 5.31. The fourth-order valence-corrected chi connectivity index (χ4v) is 3.99.